The summed E-state index contributed by atoms with van der Waals surface area (Å²) in [4.78, 5) is 11.4. The molecule has 0 atom stereocenters. The van der Waals surface area contributed by atoms with E-state index in [2.05, 4.69) is 6.92 Å². The van der Waals surface area contributed by atoms with E-state index in [-0.39, 0.29) is 5.78 Å². The molecule has 30 heavy (non-hydrogen) atoms. The first-order valence-electron chi connectivity index (χ1n) is 11.2. The van der Waals surface area contributed by atoms with Crippen LogP contribution in [-0.4, -0.2) is 21.1 Å². The van der Waals surface area contributed by atoms with Gasteiger partial charge in [-0.05, 0) is 72.7 Å². The SMILES string of the molecule is CCCc1cc(C(=O)CC)ccc1O.CCCc1cc(C(O)(CC)CC)ccc1O. The molecule has 0 aliphatic rings. The van der Waals surface area contributed by atoms with Gasteiger partial charge in [-0.1, -0.05) is 53.5 Å². The second kappa shape index (κ2) is 12.4. The molecule has 0 radical (unpaired) electrons. The zero-order chi connectivity index (χ0) is 22.7. The number of hydrogen-bond acceptors (Lipinski definition) is 4. The van der Waals surface area contributed by atoms with Crippen molar-refractivity contribution in [2.75, 3.05) is 0 Å². The molecule has 0 saturated carbocycles. The van der Waals surface area contributed by atoms with E-state index < -0.39 is 5.60 Å². The Balaban J connectivity index is 0.000000303. The summed E-state index contributed by atoms with van der Waals surface area (Å²) < 4.78 is 0. The minimum absolute atomic E-state index is 0.127. The number of aliphatic hydroxyl groups is 1. The summed E-state index contributed by atoms with van der Waals surface area (Å²) in [5, 5.41) is 29.6. The van der Waals surface area contributed by atoms with Crippen LogP contribution in [0.25, 0.3) is 0 Å². The molecule has 2 rings (SSSR count). The molecule has 2 aromatic rings. The first-order chi connectivity index (χ1) is 14.3. The molecule has 166 valence electrons. The van der Waals surface area contributed by atoms with Crippen molar-refractivity contribution in [3.8, 4) is 11.5 Å². The number of benzene rings is 2. The summed E-state index contributed by atoms with van der Waals surface area (Å²) in [6.07, 6.45) is 5.53. The van der Waals surface area contributed by atoms with Crippen LogP contribution in [0.2, 0.25) is 0 Å². The van der Waals surface area contributed by atoms with Gasteiger partial charge in [0.1, 0.15) is 11.5 Å². The Kier molecular flexibility index (Phi) is 10.6. The summed E-state index contributed by atoms with van der Waals surface area (Å²) in [6, 6.07) is 10.5. The predicted molar refractivity (Wildman–Crippen MR) is 123 cm³/mol. The van der Waals surface area contributed by atoms with Gasteiger partial charge in [0.15, 0.2) is 5.78 Å². The maximum Gasteiger partial charge on any atom is 0.162 e. The van der Waals surface area contributed by atoms with E-state index in [0.29, 0.717) is 36.3 Å². The lowest BCUT2D eigenvalue weighted by atomic mass is 9.87. The molecule has 0 saturated heterocycles. The molecule has 2 aromatic carbocycles. The Labute approximate surface area is 181 Å². The molecule has 0 aliphatic heterocycles. The lowest BCUT2D eigenvalue weighted by Gasteiger charge is -2.26. The second-order valence-electron chi connectivity index (χ2n) is 7.70. The summed E-state index contributed by atoms with van der Waals surface area (Å²) >= 11 is 0. The van der Waals surface area contributed by atoms with Crippen LogP contribution in [0.1, 0.15) is 93.8 Å². The van der Waals surface area contributed by atoms with Gasteiger partial charge in [0.05, 0.1) is 5.60 Å². The highest BCUT2D eigenvalue weighted by molar-refractivity contribution is 5.96. The molecule has 0 unspecified atom stereocenters. The summed E-state index contributed by atoms with van der Waals surface area (Å²) in [5.41, 5.74) is 2.66. The third kappa shape index (κ3) is 6.88. The normalized spacial score (nSPS) is 11.0. The number of Topliss-reactive ketones (excluding diaryl/α,β-unsaturated/α-hetero) is 1. The van der Waals surface area contributed by atoms with Gasteiger partial charge >= 0.3 is 0 Å². The minimum Gasteiger partial charge on any atom is -0.508 e. The number of phenols is 2. The Bertz CT molecular complexity index is 807. The molecule has 0 heterocycles. The standard InChI is InChI=1S/C14H22O2.C12H16O2/c1-4-7-11-10-12(8-9-13(11)15)14(16,5-2)6-3;1-3-5-9-8-10(11(13)4-2)6-7-12(9)14/h8-10,15-16H,4-7H2,1-3H3;6-8,14H,3-5H2,1-2H3. The number of rotatable bonds is 9. The van der Waals surface area contributed by atoms with Crippen LogP contribution in [-0.2, 0) is 18.4 Å². The zero-order valence-electron chi connectivity index (χ0n) is 19.2. The smallest absolute Gasteiger partial charge is 0.162 e. The van der Waals surface area contributed by atoms with Gasteiger partial charge in [0.25, 0.3) is 0 Å². The van der Waals surface area contributed by atoms with Crippen molar-refractivity contribution in [1.82, 2.24) is 0 Å². The van der Waals surface area contributed by atoms with Crippen molar-refractivity contribution < 1.29 is 20.1 Å². The van der Waals surface area contributed by atoms with E-state index in [0.717, 1.165) is 42.4 Å². The largest absolute Gasteiger partial charge is 0.508 e. The summed E-state index contributed by atoms with van der Waals surface area (Å²) in [5.74, 6) is 0.752. The fourth-order valence-electron chi connectivity index (χ4n) is 3.44. The number of carbonyl (C=O) groups is 1. The fourth-order valence-corrected chi connectivity index (χ4v) is 3.44. The minimum atomic E-state index is -0.754. The van der Waals surface area contributed by atoms with Crippen molar-refractivity contribution in [3.63, 3.8) is 0 Å². The van der Waals surface area contributed by atoms with Crippen LogP contribution in [0.5, 0.6) is 11.5 Å². The predicted octanol–water partition coefficient (Wildman–Crippen LogP) is 6.29. The molecule has 3 N–H and O–H groups in total. The quantitative estimate of drug-likeness (QED) is 0.421. The Morgan fingerprint density at radius 1 is 0.800 bits per heavy atom. The van der Waals surface area contributed by atoms with Crippen LogP contribution in [0.4, 0.5) is 0 Å². The number of phenolic OH excluding ortho intramolecular Hbond substituents is 2. The molecule has 0 aromatic heterocycles. The Morgan fingerprint density at radius 3 is 1.77 bits per heavy atom. The van der Waals surface area contributed by atoms with Gasteiger partial charge < -0.3 is 15.3 Å². The second-order valence-corrected chi connectivity index (χ2v) is 7.70. The van der Waals surface area contributed by atoms with Crippen molar-refractivity contribution in [1.29, 1.82) is 0 Å². The molecule has 4 heteroatoms. The average molecular weight is 415 g/mol. The molecule has 0 fully saturated rings. The monoisotopic (exact) mass is 414 g/mol. The molecular weight excluding hydrogens is 376 g/mol. The van der Waals surface area contributed by atoms with Gasteiger partial charge in [-0.15, -0.1) is 0 Å². The van der Waals surface area contributed by atoms with Crippen LogP contribution in [0.15, 0.2) is 36.4 Å². The van der Waals surface area contributed by atoms with Gasteiger partial charge in [0.2, 0.25) is 0 Å². The fraction of sp³-hybridized carbons (Fsp3) is 0.500. The summed E-state index contributed by atoms with van der Waals surface area (Å²) in [7, 11) is 0. The van der Waals surface area contributed by atoms with Crippen LogP contribution in [0.3, 0.4) is 0 Å². The van der Waals surface area contributed by atoms with E-state index in [1.165, 1.54) is 0 Å². The molecule has 4 nitrogen and oxygen atoms in total. The van der Waals surface area contributed by atoms with Crippen molar-refractivity contribution in [2.24, 2.45) is 0 Å². The highest BCUT2D eigenvalue weighted by atomic mass is 16.3. The number of carbonyl (C=O) groups excluding carboxylic acids is 1. The van der Waals surface area contributed by atoms with Gasteiger partial charge in [-0.3, -0.25) is 4.79 Å². The van der Waals surface area contributed by atoms with E-state index >= 15 is 0 Å². The number of hydrogen-bond donors (Lipinski definition) is 3. The zero-order valence-corrected chi connectivity index (χ0v) is 19.2. The molecule has 0 aliphatic carbocycles. The third-order valence-corrected chi connectivity index (χ3v) is 5.55. The Hall–Kier alpha value is -2.33. The van der Waals surface area contributed by atoms with E-state index in [4.69, 9.17) is 0 Å². The van der Waals surface area contributed by atoms with Crippen LogP contribution < -0.4 is 0 Å². The third-order valence-electron chi connectivity index (χ3n) is 5.55. The lowest BCUT2D eigenvalue weighted by molar-refractivity contribution is 0.0282. The molecule has 0 bridgehead atoms. The van der Waals surface area contributed by atoms with Crippen molar-refractivity contribution in [2.45, 2.75) is 85.2 Å². The van der Waals surface area contributed by atoms with Gasteiger partial charge in [-0.25, -0.2) is 0 Å². The molecule has 0 amide bonds. The van der Waals surface area contributed by atoms with E-state index in [9.17, 15) is 20.1 Å². The highest BCUT2D eigenvalue weighted by Gasteiger charge is 2.25. The van der Waals surface area contributed by atoms with E-state index in [1.807, 2.05) is 39.8 Å². The first kappa shape index (κ1) is 25.7. The topological polar surface area (TPSA) is 77.8 Å². The lowest BCUT2D eigenvalue weighted by Crippen LogP contribution is -2.23. The average Bonchev–Trinajstić information content (AvgIpc) is 2.76. The maximum absolute atomic E-state index is 11.4. The van der Waals surface area contributed by atoms with Crippen molar-refractivity contribution in [3.05, 3.63) is 58.7 Å². The van der Waals surface area contributed by atoms with Gasteiger partial charge in [-0.2, -0.15) is 0 Å². The number of aromatic hydroxyl groups is 2. The first-order valence-corrected chi connectivity index (χ1v) is 11.2. The van der Waals surface area contributed by atoms with Crippen molar-refractivity contribution >= 4 is 5.78 Å². The number of aryl methyl sites for hydroxylation is 2. The van der Waals surface area contributed by atoms with Gasteiger partial charge in [0, 0.05) is 12.0 Å². The maximum atomic E-state index is 11.4. The molecule has 0 spiro atoms. The molecular formula is C26H38O4. The Morgan fingerprint density at radius 2 is 1.30 bits per heavy atom. The highest BCUT2D eigenvalue weighted by Crippen LogP contribution is 2.32. The van der Waals surface area contributed by atoms with E-state index in [1.54, 1.807) is 24.3 Å². The number of ketones is 1. The summed E-state index contributed by atoms with van der Waals surface area (Å²) in [6.45, 7) is 9.94. The van der Waals surface area contributed by atoms with Crippen LogP contribution >= 0.6 is 0 Å². The van der Waals surface area contributed by atoms with Crippen LogP contribution in [0, 0.1) is 0 Å².